The largest absolute Gasteiger partial charge is 0.435 e. The smallest absolute Gasteiger partial charge is 0.336 e. The summed E-state index contributed by atoms with van der Waals surface area (Å²) >= 11 is 1.47. The average molecular weight is 332 g/mol. The quantitative estimate of drug-likeness (QED) is 0.901. The van der Waals surface area contributed by atoms with Gasteiger partial charge in [0.05, 0.1) is 12.2 Å². The molecule has 0 spiro atoms. The molecule has 0 fully saturated rings. The third-order valence-electron chi connectivity index (χ3n) is 2.98. The van der Waals surface area contributed by atoms with Gasteiger partial charge in [-0.15, -0.1) is 11.3 Å². The van der Waals surface area contributed by atoms with Gasteiger partial charge in [-0.05, 0) is 30.9 Å². The molecule has 2 N–H and O–H groups in total. The highest BCUT2D eigenvalue weighted by molar-refractivity contribution is 7.08. The Labute approximate surface area is 129 Å². The first-order valence-corrected chi connectivity index (χ1v) is 7.41. The zero-order valence-electron chi connectivity index (χ0n) is 12.0. The average Bonchev–Trinajstić information content (AvgIpc) is 2.97. The second-order valence-electron chi connectivity index (χ2n) is 4.74. The molecule has 2 rings (SSSR count). The van der Waals surface area contributed by atoms with Crippen molar-refractivity contribution >= 4 is 23.1 Å². The third-order valence-corrected chi connectivity index (χ3v) is 3.85. The number of aromatic nitrogens is 2. The molecule has 0 aliphatic heterocycles. The Morgan fingerprint density at radius 3 is 2.64 bits per heavy atom. The number of nitrogens with one attached hydrogen (secondary N) is 2. The molecule has 0 unspecified atom stereocenters. The topological polar surface area (TPSA) is 59.0 Å². The summed E-state index contributed by atoms with van der Waals surface area (Å²) in [6.45, 7) is 3.75. The number of rotatable bonds is 4. The molecule has 0 radical (unpaired) electrons. The van der Waals surface area contributed by atoms with E-state index in [4.69, 9.17) is 0 Å². The number of alkyl halides is 3. The van der Waals surface area contributed by atoms with Crippen molar-refractivity contribution in [2.24, 2.45) is 0 Å². The molecule has 0 aliphatic carbocycles. The van der Waals surface area contributed by atoms with Crippen LogP contribution in [0.4, 0.5) is 23.7 Å². The Kier molecular flexibility index (Phi) is 4.74. The first kappa shape index (κ1) is 16.3. The van der Waals surface area contributed by atoms with E-state index in [1.807, 2.05) is 17.7 Å². The van der Waals surface area contributed by atoms with Crippen molar-refractivity contribution in [3.63, 3.8) is 0 Å². The first-order chi connectivity index (χ1) is 10.3. The van der Waals surface area contributed by atoms with Gasteiger partial charge >= 0.3 is 12.2 Å². The third kappa shape index (κ3) is 4.00. The van der Waals surface area contributed by atoms with Gasteiger partial charge in [-0.2, -0.15) is 18.3 Å². The number of carbonyl (C=O) groups excluding carboxylic acids is 1. The standard InChI is InChI=1S/C13H15F3N4OS/c1-8-6-22-7-10(8)18-12(21)17-3-4-20-9(2)5-11(19-20)13(14,15)16/h5-7H,3-4H2,1-2H3,(H2,17,18,21). The van der Waals surface area contributed by atoms with Gasteiger partial charge in [-0.3, -0.25) is 4.68 Å². The number of anilines is 1. The highest BCUT2D eigenvalue weighted by Gasteiger charge is 2.34. The summed E-state index contributed by atoms with van der Waals surface area (Å²) in [6, 6.07) is 0.580. The summed E-state index contributed by atoms with van der Waals surface area (Å²) in [5.41, 5.74) is 1.14. The Balaban J connectivity index is 1.85. The summed E-state index contributed by atoms with van der Waals surface area (Å²) in [4.78, 5) is 11.7. The summed E-state index contributed by atoms with van der Waals surface area (Å²) in [6.07, 6.45) is -4.46. The number of halogens is 3. The second kappa shape index (κ2) is 6.39. The van der Waals surface area contributed by atoms with Crippen molar-refractivity contribution in [2.75, 3.05) is 11.9 Å². The summed E-state index contributed by atoms with van der Waals surface area (Å²) < 4.78 is 38.8. The van der Waals surface area contributed by atoms with E-state index < -0.39 is 17.9 Å². The molecule has 2 aromatic heterocycles. The predicted octanol–water partition coefficient (Wildman–Crippen LogP) is 3.40. The van der Waals surface area contributed by atoms with Crippen LogP contribution in [0.25, 0.3) is 0 Å². The molecule has 2 heterocycles. The SMILES string of the molecule is Cc1cscc1NC(=O)NCCn1nc(C(F)(F)F)cc1C. The van der Waals surface area contributed by atoms with Crippen molar-refractivity contribution < 1.29 is 18.0 Å². The fourth-order valence-electron chi connectivity index (χ4n) is 1.81. The van der Waals surface area contributed by atoms with Crippen LogP contribution in [0.2, 0.25) is 0 Å². The number of thiophene rings is 1. The first-order valence-electron chi connectivity index (χ1n) is 6.46. The number of hydrogen-bond acceptors (Lipinski definition) is 3. The number of carbonyl (C=O) groups is 1. The van der Waals surface area contributed by atoms with E-state index in [1.54, 1.807) is 0 Å². The van der Waals surface area contributed by atoms with Crippen LogP contribution in [0, 0.1) is 13.8 Å². The maximum absolute atomic E-state index is 12.5. The maximum atomic E-state index is 12.5. The van der Waals surface area contributed by atoms with Crippen LogP contribution in [0.3, 0.4) is 0 Å². The number of amides is 2. The van der Waals surface area contributed by atoms with E-state index in [2.05, 4.69) is 15.7 Å². The molecule has 0 aliphatic rings. The van der Waals surface area contributed by atoms with Crippen molar-refractivity contribution in [3.05, 3.63) is 33.8 Å². The zero-order valence-corrected chi connectivity index (χ0v) is 12.8. The summed E-state index contributed by atoms with van der Waals surface area (Å²) in [7, 11) is 0. The van der Waals surface area contributed by atoms with Crippen molar-refractivity contribution in [2.45, 2.75) is 26.6 Å². The molecule has 0 bridgehead atoms. The van der Waals surface area contributed by atoms with Crippen LogP contribution in [-0.4, -0.2) is 22.4 Å². The summed E-state index contributed by atoms with van der Waals surface area (Å²) in [5, 5.41) is 12.5. The van der Waals surface area contributed by atoms with Crippen molar-refractivity contribution in [1.82, 2.24) is 15.1 Å². The lowest BCUT2D eigenvalue weighted by Crippen LogP contribution is -2.32. The van der Waals surface area contributed by atoms with E-state index in [0.29, 0.717) is 5.69 Å². The Hall–Kier alpha value is -2.03. The minimum atomic E-state index is -4.46. The van der Waals surface area contributed by atoms with Gasteiger partial charge in [-0.25, -0.2) is 4.79 Å². The normalized spacial score (nSPS) is 11.5. The molecule has 0 saturated carbocycles. The lowest BCUT2D eigenvalue weighted by molar-refractivity contribution is -0.141. The minimum Gasteiger partial charge on any atom is -0.336 e. The van der Waals surface area contributed by atoms with Crippen LogP contribution in [0.5, 0.6) is 0 Å². The molecule has 2 amide bonds. The number of urea groups is 1. The lowest BCUT2D eigenvalue weighted by Gasteiger charge is -2.08. The predicted molar refractivity (Wildman–Crippen MR) is 78.0 cm³/mol. The minimum absolute atomic E-state index is 0.165. The van der Waals surface area contributed by atoms with Gasteiger partial charge in [0.15, 0.2) is 5.69 Å². The van der Waals surface area contributed by atoms with Crippen LogP contribution in [0.1, 0.15) is 17.0 Å². The molecular weight excluding hydrogens is 317 g/mol. The number of hydrogen-bond donors (Lipinski definition) is 2. The Bertz CT molecular complexity index is 663. The van der Waals surface area contributed by atoms with Crippen LogP contribution >= 0.6 is 11.3 Å². The van der Waals surface area contributed by atoms with E-state index in [0.717, 1.165) is 17.3 Å². The van der Waals surface area contributed by atoms with Crippen molar-refractivity contribution in [3.8, 4) is 0 Å². The molecule has 9 heteroatoms. The number of nitrogens with zero attached hydrogens (tertiary/aromatic N) is 2. The van der Waals surface area contributed by atoms with Gasteiger partial charge in [0.2, 0.25) is 0 Å². The fourth-order valence-corrected chi connectivity index (χ4v) is 2.59. The van der Waals surface area contributed by atoms with E-state index in [9.17, 15) is 18.0 Å². The Morgan fingerprint density at radius 1 is 1.36 bits per heavy atom. The van der Waals surface area contributed by atoms with Gasteiger partial charge in [0.25, 0.3) is 0 Å². The van der Waals surface area contributed by atoms with Gasteiger partial charge in [0.1, 0.15) is 0 Å². The summed E-state index contributed by atoms with van der Waals surface area (Å²) in [5.74, 6) is 0. The molecule has 0 aromatic carbocycles. The zero-order chi connectivity index (χ0) is 16.3. The van der Waals surface area contributed by atoms with Crippen molar-refractivity contribution in [1.29, 1.82) is 0 Å². The molecule has 22 heavy (non-hydrogen) atoms. The van der Waals surface area contributed by atoms with E-state index in [1.165, 1.54) is 22.9 Å². The van der Waals surface area contributed by atoms with Gasteiger partial charge < -0.3 is 10.6 Å². The van der Waals surface area contributed by atoms with E-state index in [-0.39, 0.29) is 13.1 Å². The Morgan fingerprint density at radius 2 is 2.09 bits per heavy atom. The van der Waals surface area contributed by atoms with Crippen LogP contribution < -0.4 is 10.6 Å². The molecule has 5 nitrogen and oxygen atoms in total. The molecular formula is C13H15F3N4OS. The molecule has 0 atom stereocenters. The van der Waals surface area contributed by atoms with Gasteiger partial charge in [-0.1, -0.05) is 0 Å². The molecule has 0 saturated heterocycles. The van der Waals surface area contributed by atoms with Gasteiger partial charge in [0, 0.05) is 17.6 Å². The highest BCUT2D eigenvalue weighted by Crippen LogP contribution is 2.28. The van der Waals surface area contributed by atoms with Crippen LogP contribution in [-0.2, 0) is 12.7 Å². The fraction of sp³-hybridized carbons (Fsp3) is 0.385. The lowest BCUT2D eigenvalue weighted by atomic mass is 10.3. The number of aryl methyl sites for hydroxylation is 2. The molecule has 2 aromatic rings. The van der Waals surface area contributed by atoms with E-state index >= 15 is 0 Å². The maximum Gasteiger partial charge on any atom is 0.435 e. The van der Waals surface area contributed by atoms with Crippen LogP contribution in [0.15, 0.2) is 16.8 Å². The highest BCUT2D eigenvalue weighted by atomic mass is 32.1. The second-order valence-corrected chi connectivity index (χ2v) is 5.48. The molecule has 120 valence electrons. The monoisotopic (exact) mass is 332 g/mol.